The Hall–Kier alpha value is -2.14. The number of carbonyl (C=O) groups is 1. The molecule has 3 aromatic heterocycles. The Balaban J connectivity index is 1.94. The Morgan fingerprint density at radius 3 is 2.85 bits per heavy atom. The van der Waals surface area contributed by atoms with Crippen LogP contribution in [-0.4, -0.2) is 15.2 Å². The number of carbonyl (C=O) groups excluding carboxylic acids is 1. The number of hydrogen-bond acceptors (Lipinski definition) is 4. The van der Waals surface area contributed by atoms with Crippen LogP contribution in [0.5, 0.6) is 0 Å². The van der Waals surface area contributed by atoms with Crippen molar-refractivity contribution < 1.29 is 9.21 Å². The van der Waals surface area contributed by atoms with Gasteiger partial charge in [0.15, 0.2) is 10.7 Å². The molecule has 3 aromatic rings. The van der Waals surface area contributed by atoms with Gasteiger partial charge in [-0.3, -0.25) is 9.20 Å². The van der Waals surface area contributed by atoms with Crippen molar-refractivity contribution in [3.05, 3.63) is 52.2 Å². The van der Waals surface area contributed by atoms with Crippen LogP contribution < -0.4 is 0 Å². The lowest BCUT2D eigenvalue weighted by Crippen LogP contribution is -1.92. The molecule has 0 saturated carbocycles. The molecule has 0 saturated heterocycles. The number of aromatic nitrogens is 2. The first-order valence-electron chi connectivity index (χ1n) is 6.28. The first kappa shape index (κ1) is 12.9. The Morgan fingerprint density at radius 2 is 2.15 bits per heavy atom. The maximum absolute atomic E-state index is 12.0. The van der Waals surface area contributed by atoms with Crippen LogP contribution in [0.15, 0.2) is 28.8 Å². The molecule has 0 aliphatic carbocycles. The monoisotopic (exact) mass is 286 g/mol. The van der Waals surface area contributed by atoms with E-state index in [9.17, 15) is 4.79 Å². The molecule has 0 aliphatic heterocycles. The molecule has 5 heteroatoms. The number of nitrogens with zero attached hydrogens (tertiary/aromatic N) is 2. The molecular weight excluding hydrogens is 272 g/mol. The third kappa shape index (κ3) is 2.20. The van der Waals surface area contributed by atoms with Gasteiger partial charge in [-0.25, -0.2) is 4.98 Å². The summed E-state index contributed by atoms with van der Waals surface area (Å²) >= 11 is 1.64. The van der Waals surface area contributed by atoms with E-state index in [0.29, 0.717) is 5.76 Å². The molecule has 20 heavy (non-hydrogen) atoms. The molecular formula is C15H14N2O2S. The Kier molecular flexibility index (Phi) is 3.06. The highest BCUT2D eigenvalue weighted by Gasteiger charge is 2.10. The fourth-order valence-corrected chi connectivity index (χ4v) is 2.96. The summed E-state index contributed by atoms with van der Waals surface area (Å²) in [6.07, 6.45) is 5.35. The number of furan rings is 1. The predicted molar refractivity (Wildman–Crippen MR) is 79.4 cm³/mol. The molecule has 0 fully saturated rings. The van der Waals surface area contributed by atoms with Crippen LogP contribution in [0.2, 0.25) is 0 Å². The van der Waals surface area contributed by atoms with Gasteiger partial charge in [-0.05, 0) is 45.1 Å². The van der Waals surface area contributed by atoms with Crippen molar-refractivity contribution in [1.82, 2.24) is 9.38 Å². The average Bonchev–Trinajstić information content (AvgIpc) is 3.02. The second-order valence-electron chi connectivity index (χ2n) is 4.68. The van der Waals surface area contributed by atoms with Gasteiger partial charge in [-0.1, -0.05) is 0 Å². The summed E-state index contributed by atoms with van der Waals surface area (Å²) in [5.74, 6) is 0.955. The minimum atomic E-state index is -0.139. The van der Waals surface area contributed by atoms with E-state index in [1.165, 1.54) is 11.0 Å². The number of imidazole rings is 1. The molecule has 0 atom stereocenters. The number of thiazole rings is 1. The van der Waals surface area contributed by atoms with Gasteiger partial charge in [0.1, 0.15) is 5.76 Å². The number of fused-ring (bicyclic) bond motifs is 1. The summed E-state index contributed by atoms with van der Waals surface area (Å²) in [4.78, 5) is 18.6. The molecule has 0 spiro atoms. The maximum atomic E-state index is 12.0. The van der Waals surface area contributed by atoms with Gasteiger partial charge in [-0.15, -0.1) is 11.3 Å². The molecule has 3 rings (SSSR count). The highest BCUT2D eigenvalue weighted by Crippen LogP contribution is 2.21. The van der Waals surface area contributed by atoms with Crippen molar-refractivity contribution in [2.45, 2.75) is 20.8 Å². The van der Waals surface area contributed by atoms with Crippen molar-refractivity contribution in [2.75, 3.05) is 0 Å². The maximum Gasteiger partial charge on any atom is 0.221 e. The van der Waals surface area contributed by atoms with Crippen LogP contribution in [-0.2, 0) is 0 Å². The molecule has 102 valence electrons. The minimum Gasteiger partial charge on any atom is -0.458 e. The molecule has 0 radical (unpaired) electrons. The lowest BCUT2D eigenvalue weighted by Gasteiger charge is -1.93. The lowest BCUT2D eigenvalue weighted by atomic mass is 10.2. The number of aryl methyl sites for hydroxylation is 3. The summed E-state index contributed by atoms with van der Waals surface area (Å²) in [5.41, 5.74) is 1.84. The highest BCUT2D eigenvalue weighted by molar-refractivity contribution is 7.17. The van der Waals surface area contributed by atoms with Gasteiger partial charge in [0.25, 0.3) is 0 Å². The predicted octanol–water partition coefficient (Wildman–Crippen LogP) is 3.81. The van der Waals surface area contributed by atoms with Gasteiger partial charge >= 0.3 is 0 Å². The first-order valence-corrected chi connectivity index (χ1v) is 7.10. The lowest BCUT2D eigenvalue weighted by molar-refractivity contribution is 0.102. The average molecular weight is 286 g/mol. The summed E-state index contributed by atoms with van der Waals surface area (Å²) in [7, 11) is 0. The zero-order chi connectivity index (χ0) is 14.3. The van der Waals surface area contributed by atoms with Crippen LogP contribution in [0.3, 0.4) is 0 Å². The first-order chi connectivity index (χ1) is 9.54. The van der Waals surface area contributed by atoms with Gasteiger partial charge in [0.05, 0.1) is 11.4 Å². The van der Waals surface area contributed by atoms with E-state index in [1.54, 1.807) is 29.5 Å². The number of allylic oxidation sites excluding steroid dienone is 1. The van der Waals surface area contributed by atoms with Crippen molar-refractivity contribution in [3.8, 4) is 0 Å². The largest absolute Gasteiger partial charge is 0.458 e. The zero-order valence-corrected chi connectivity index (χ0v) is 12.3. The van der Waals surface area contributed by atoms with E-state index < -0.39 is 0 Å². The minimum absolute atomic E-state index is 0.139. The van der Waals surface area contributed by atoms with Crippen molar-refractivity contribution in [3.63, 3.8) is 0 Å². The SMILES string of the molecule is Cc1ccc(C(=O)C=Cc2c(C)nc3sc(C)cn23)o1. The van der Waals surface area contributed by atoms with Crippen molar-refractivity contribution in [1.29, 1.82) is 0 Å². The fourth-order valence-electron chi connectivity index (χ4n) is 2.09. The summed E-state index contributed by atoms with van der Waals surface area (Å²) in [6.45, 7) is 5.80. The van der Waals surface area contributed by atoms with Crippen molar-refractivity contribution >= 4 is 28.2 Å². The molecule has 0 N–H and O–H groups in total. The highest BCUT2D eigenvalue weighted by atomic mass is 32.1. The third-order valence-corrected chi connectivity index (χ3v) is 3.94. The summed E-state index contributed by atoms with van der Waals surface area (Å²) < 4.78 is 7.32. The zero-order valence-electron chi connectivity index (χ0n) is 11.5. The van der Waals surface area contributed by atoms with Crippen LogP contribution in [0.4, 0.5) is 0 Å². The Bertz CT molecular complexity index is 820. The quantitative estimate of drug-likeness (QED) is 0.543. The molecule has 0 unspecified atom stereocenters. The topological polar surface area (TPSA) is 47.5 Å². The number of hydrogen-bond donors (Lipinski definition) is 0. The molecule has 4 nitrogen and oxygen atoms in total. The standard InChI is InChI=1S/C15H14N2O2S/c1-9-4-7-14(19-9)13(18)6-5-12-11(3)16-15-17(12)8-10(2)20-15/h4-8H,1-3H3. The second-order valence-corrected chi connectivity index (χ2v) is 5.90. The molecule has 0 aliphatic rings. The molecule has 0 aromatic carbocycles. The van der Waals surface area contributed by atoms with E-state index in [0.717, 1.165) is 22.1 Å². The van der Waals surface area contributed by atoms with Gasteiger partial charge < -0.3 is 4.42 Å². The van der Waals surface area contributed by atoms with Crippen LogP contribution in [0, 0.1) is 20.8 Å². The van der Waals surface area contributed by atoms with Gasteiger partial charge in [-0.2, -0.15) is 0 Å². The number of ketones is 1. The smallest absolute Gasteiger partial charge is 0.221 e. The summed E-state index contributed by atoms with van der Waals surface area (Å²) in [6, 6.07) is 3.47. The van der Waals surface area contributed by atoms with Crippen molar-refractivity contribution in [2.24, 2.45) is 0 Å². The van der Waals surface area contributed by atoms with Crippen LogP contribution in [0.25, 0.3) is 11.0 Å². The second kappa shape index (κ2) is 4.76. The van der Waals surface area contributed by atoms with Crippen LogP contribution >= 0.6 is 11.3 Å². The van der Waals surface area contributed by atoms with Gasteiger partial charge in [0, 0.05) is 11.1 Å². The van der Waals surface area contributed by atoms with Crippen LogP contribution in [0.1, 0.15) is 32.6 Å². The fraction of sp³-hybridized carbons (Fsp3) is 0.200. The van der Waals surface area contributed by atoms with E-state index in [2.05, 4.69) is 4.98 Å². The Labute approximate surface area is 120 Å². The summed E-state index contributed by atoms with van der Waals surface area (Å²) in [5, 5.41) is 0. The van der Waals surface area contributed by atoms with Gasteiger partial charge in [0.2, 0.25) is 5.78 Å². The van der Waals surface area contributed by atoms with E-state index >= 15 is 0 Å². The molecule has 3 heterocycles. The van der Waals surface area contributed by atoms with E-state index in [-0.39, 0.29) is 5.78 Å². The van der Waals surface area contributed by atoms with E-state index in [4.69, 9.17) is 4.42 Å². The number of rotatable bonds is 3. The molecule has 0 amide bonds. The normalized spacial score (nSPS) is 11.8. The Morgan fingerprint density at radius 1 is 1.35 bits per heavy atom. The molecule has 0 bridgehead atoms. The third-order valence-electron chi connectivity index (χ3n) is 3.04. The van der Waals surface area contributed by atoms with E-state index in [1.807, 2.05) is 31.4 Å².